The first-order valence-corrected chi connectivity index (χ1v) is 25.9. The van der Waals surface area contributed by atoms with E-state index >= 15 is 0 Å². The number of esters is 2. The number of allylic oxidation sites excluding steroid dienone is 2. The van der Waals surface area contributed by atoms with Gasteiger partial charge < -0.3 is 18.9 Å². The molecule has 0 heterocycles. The molecule has 0 radical (unpaired) electrons. The van der Waals surface area contributed by atoms with Crippen LogP contribution in [0.1, 0.15) is 232 Å². The molecule has 9 nitrogen and oxygen atoms in total. The van der Waals surface area contributed by atoms with Gasteiger partial charge in [-0.15, -0.1) is 0 Å². The second-order valence-electron chi connectivity index (χ2n) is 17.9. The van der Waals surface area contributed by atoms with Crippen LogP contribution in [0, 0.1) is 0 Å². The lowest BCUT2D eigenvalue weighted by atomic mass is 10.0. The molecule has 1 unspecified atom stereocenters. The van der Waals surface area contributed by atoms with Crippen LogP contribution in [0.5, 0.6) is 0 Å². The van der Waals surface area contributed by atoms with Crippen molar-refractivity contribution in [1.82, 2.24) is 0 Å². The highest BCUT2D eigenvalue weighted by Gasteiger charge is 2.27. The number of unbranched alkanes of at least 4 members (excludes halogenated alkanes) is 29. The van der Waals surface area contributed by atoms with Crippen molar-refractivity contribution >= 4 is 19.8 Å². The van der Waals surface area contributed by atoms with E-state index in [0.29, 0.717) is 17.4 Å². The molecule has 0 bridgehead atoms. The molecule has 0 spiro atoms. The quantitative estimate of drug-likeness (QED) is 0.0212. The molecule has 344 valence electrons. The van der Waals surface area contributed by atoms with Crippen molar-refractivity contribution in [2.45, 2.75) is 238 Å². The van der Waals surface area contributed by atoms with Crippen LogP contribution in [0.15, 0.2) is 12.2 Å². The molecule has 0 aliphatic heterocycles. The van der Waals surface area contributed by atoms with Crippen LogP contribution in [0.25, 0.3) is 0 Å². The van der Waals surface area contributed by atoms with Gasteiger partial charge in [-0.2, -0.15) is 0 Å². The Bertz CT molecular complexity index is 1000. The van der Waals surface area contributed by atoms with E-state index in [0.717, 1.165) is 57.8 Å². The first-order valence-electron chi connectivity index (χ1n) is 24.4. The van der Waals surface area contributed by atoms with E-state index in [4.69, 9.17) is 18.5 Å². The molecule has 0 aliphatic carbocycles. The van der Waals surface area contributed by atoms with Crippen molar-refractivity contribution in [2.75, 3.05) is 47.5 Å². The highest BCUT2D eigenvalue weighted by Crippen LogP contribution is 2.43. The molecule has 0 aromatic heterocycles. The van der Waals surface area contributed by atoms with E-state index in [1.807, 2.05) is 21.1 Å². The molecule has 0 amide bonds. The number of rotatable bonds is 45. The van der Waals surface area contributed by atoms with Crippen LogP contribution in [0.2, 0.25) is 0 Å². The number of hydrogen-bond acceptors (Lipinski definition) is 7. The van der Waals surface area contributed by atoms with Gasteiger partial charge in [0.25, 0.3) is 0 Å². The van der Waals surface area contributed by atoms with E-state index in [9.17, 15) is 19.0 Å². The average molecular weight is 845 g/mol. The van der Waals surface area contributed by atoms with Gasteiger partial charge >= 0.3 is 19.8 Å². The number of carbonyl (C=O) groups is 2. The lowest BCUT2D eigenvalue weighted by Crippen LogP contribution is -2.37. The smallest absolute Gasteiger partial charge is 0.462 e. The van der Waals surface area contributed by atoms with E-state index in [1.54, 1.807) is 0 Å². The van der Waals surface area contributed by atoms with E-state index in [-0.39, 0.29) is 32.0 Å². The number of phosphoric ester groups is 1. The van der Waals surface area contributed by atoms with Gasteiger partial charge in [-0.1, -0.05) is 199 Å². The second kappa shape index (κ2) is 41.1. The number of carbonyl (C=O) groups excluding carboxylic acids is 2. The fourth-order valence-electron chi connectivity index (χ4n) is 6.94. The monoisotopic (exact) mass is 845 g/mol. The Morgan fingerprint density at radius 3 is 1.33 bits per heavy atom. The molecule has 0 saturated carbocycles. The average Bonchev–Trinajstić information content (AvgIpc) is 3.17. The Kier molecular flexibility index (Phi) is 40.2. The number of nitrogens with zero attached hydrogens (tertiary/aromatic N) is 1. The summed E-state index contributed by atoms with van der Waals surface area (Å²) < 4.78 is 34.3. The topological polar surface area (TPSA) is 108 Å². The summed E-state index contributed by atoms with van der Waals surface area (Å²) in [5.74, 6) is -0.798. The van der Waals surface area contributed by atoms with Crippen molar-refractivity contribution in [3.8, 4) is 0 Å². The molecule has 10 heteroatoms. The molecule has 0 aromatic carbocycles. The Hall–Kier alpha value is -1.25. The number of phosphoric acid groups is 1. The van der Waals surface area contributed by atoms with Gasteiger partial charge in [0.1, 0.15) is 19.8 Å². The lowest BCUT2D eigenvalue weighted by molar-refractivity contribution is -0.870. The van der Waals surface area contributed by atoms with E-state index in [1.165, 1.54) is 141 Å². The minimum atomic E-state index is -4.37. The summed E-state index contributed by atoms with van der Waals surface area (Å²) in [6.45, 7) is 4.41. The van der Waals surface area contributed by atoms with Gasteiger partial charge in [0.05, 0.1) is 27.7 Å². The minimum absolute atomic E-state index is 0.0336. The van der Waals surface area contributed by atoms with Crippen molar-refractivity contribution in [3.05, 3.63) is 12.2 Å². The van der Waals surface area contributed by atoms with Crippen LogP contribution >= 0.6 is 7.82 Å². The fourth-order valence-corrected chi connectivity index (χ4v) is 7.68. The summed E-state index contributed by atoms with van der Waals surface area (Å²) in [5.41, 5.74) is 0. The molecule has 0 aromatic rings. The predicted molar refractivity (Wildman–Crippen MR) is 243 cm³/mol. The Labute approximate surface area is 358 Å². The summed E-state index contributed by atoms with van der Waals surface area (Å²) >= 11 is 0. The maximum atomic E-state index is 12.7. The van der Waals surface area contributed by atoms with Gasteiger partial charge in [-0.25, -0.2) is 4.57 Å². The Morgan fingerprint density at radius 2 is 0.897 bits per heavy atom. The summed E-state index contributed by atoms with van der Waals surface area (Å²) in [4.78, 5) is 35.4. The summed E-state index contributed by atoms with van der Waals surface area (Å²) in [6, 6.07) is 0. The molecule has 0 rings (SSSR count). The molecule has 0 saturated heterocycles. The minimum Gasteiger partial charge on any atom is -0.462 e. The first kappa shape index (κ1) is 56.8. The highest BCUT2D eigenvalue weighted by atomic mass is 31.2. The molecule has 58 heavy (non-hydrogen) atoms. The second-order valence-corrected chi connectivity index (χ2v) is 19.3. The van der Waals surface area contributed by atoms with E-state index in [2.05, 4.69) is 26.0 Å². The Balaban J connectivity index is 4.15. The number of hydrogen-bond donors (Lipinski definition) is 1. The third-order valence-corrected chi connectivity index (χ3v) is 11.8. The zero-order valence-corrected chi connectivity index (χ0v) is 39.7. The number of quaternary nitrogens is 1. The number of likely N-dealkylation sites (N-methyl/N-ethyl adjacent to an activating group) is 1. The fraction of sp³-hybridized carbons (Fsp3) is 0.917. The van der Waals surface area contributed by atoms with Crippen molar-refractivity contribution in [2.24, 2.45) is 0 Å². The lowest BCUT2D eigenvalue weighted by Gasteiger charge is -2.24. The van der Waals surface area contributed by atoms with E-state index < -0.39 is 26.5 Å². The molecular weight excluding hydrogens is 750 g/mol. The number of ether oxygens (including phenoxy) is 2. The normalized spacial score (nSPS) is 13.6. The first-order chi connectivity index (χ1) is 28.0. The summed E-state index contributed by atoms with van der Waals surface area (Å²) in [6.07, 6.45) is 44.2. The zero-order chi connectivity index (χ0) is 42.8. The SMILES string of the molecule is CCCC/C=C/CCCCCCCC(=O)OC[C@H](COP(=O)(O)OCC[N+](C)(C)C)OC(=O)CCCCCCCCCCCCCCCCCCCCCCCCC. The van der Waals surface area contributed by atoms with Gasteiger partial charge in [-0.3, -0.25) is 18.6 Å². The third kappa shape index (κ3) is 44.3. The molecule has 0 aliphatic rings. The van der Waals surface area contributed by atoms with Crippen LogP contribution < -0.4 is 0 Å². The van der Waals surface area contributed by atoms with Crippen molar-refractivity contribution < 1.29 is 42.1 Å². The highest BCUT2D eigenvalue weighted by molar-refractivity contribution is 7.47. The molecule has 0 fully saturated rings. The Morgan fingerprint density at radius 1 is 0.517 bits per heavy atom. The predicted octanol–water partition coefficient (Wildman–Crippen LogP) is 14.1. The van der Waals surface area contributed by atoms with Crippen LogP contribution in [-0.2, 0) is 32.7 Å². The van der Waals surface area contributed by atoms with Crippen LogP contribution in [0.3, 0.4) is 0 Å². The molecular formula is C48H95NO8P+. The van der Waals surface area contributed by atoms with Crippen molar-refractivity contribution in [3.63, 3.8) is 0 Å². The summed E-state index contributed by atoms with van der Waals surface area (Å²) in [7, 11) is 1.48. The van der Waals surface area contributed by atoms with Gasteiger partial charge in [0.2, 0.25) is 0 Å². The molecule has 1 N–H and O–H groups in total. The third-order valence-electron chi connectivity index (χ3n) is 10.8. The summed E-state index contributed by atoms with van der Waals surface area (Å²) in [5, 5.41) is 0. The van der Waals surface area contributed by atoms with Gasteiger partial charge in [0.15, 0.2) is 6.10 Å². The maximum absolute atomic E-state index is 12.7. The van der Waals surface area contributed by atoms with Gasteiger partial charge in [-0.05, 0) is 32.1 Å². The molecule has 2 atom stereocenters. The standard InChI is InChI=1S/C48H94NO8P/c1-6-8-10-12-14-16-18-19-20-21-22-23-24-25-26-27-28-29-31-33-35-37-39-41-48(51)57-46(45-56-58(52,53)55-43-42-49(3,4)5)44-54-47(50)40-38-36-34-32-30-17-15-13-11-9-7-2/h13,15,46H,6-12,14,16-45H2,1-5H3/p+1/b15-13+/t46-/m1/s1. The van der Waals surface area contributed by atoms with Crippen molar-refractivity contribution in [1.29, 1.82) is 0 Å². The van der Waals surface area contributed by atoms with Crippen LogP contribution in [-0.4, -0.2) is 74.9 Å². The zero-order valence-electron chi connectivity index (χ0n) is 38.8. The van der Waals surface area contributed by atoms with Gasteiger partial charge in [0, 0.05) is 12.8 Å². The largest absolute Gasteiger partial charge is 0.472 e. The maximum Gasteiger partial charge on any atom is 0.472 e. The van der Waals surface area contributed by atoms with Crippen LogP contribution in [0.4, 0.5) is 0 Å².